The Morgan fingerprint density at radius 1 is 1.35 bits per heavy atom. The summed E-state index contributed by atoms with van der Waals surface area (Å²) in [5.74, 6) is 0.952. The lowest BCUT2D eigenvalue weighted by Crippen LogP contribution is -2.18. The first-order chi connectivity index (χ1) is 9.53. The van der Waals surface area contributed by atoms with Gasteiger partial charge >= 0.3 is 0 Å². The highest BCUT2D eigenvalue weighted by Crippen LogP contribution is 2.41. The van der Waals surface area contributed by atoms with Gasteiger partial charge in [0.15, 0.2) is 0 Å². The molecule has 106 valence electrons. The molecule has 1 N–H and O–H groups in total. The molecule has 0 spiro atoms. The molecule has 0 aliphatic carbocycles. The van der Waals surface area contributed by atoms with Gasteiger partial charge in [-0.15, -0.1) is 11.3 Å². The fourth-order valence-electron chi connectivity index (χ4n) is 2.74. The van der Waals surface area contributed by atoms with Crippen molar-refractivity contribution in [2.75, 3.05) is 6.61 Å². The monoisotopic (exact) mass is 288 g/mol. The molecule has 2 nitrogen and oxygen atoms in total. The number of aryl methyl sites for hydroxylation is 1. The van der Waals surface area contributed by atoms with Crippen molar-refractivity contribution in [3.63, 3.8) is 0 Å². The SMILES string of the molecule is CCc1ccsc1C(O)c1ccc2c(c1)C(C)(C)CO2. The van der Waals surface area contributed by atoms with Crippen LogP contribution in [0.2, 0.25) is 0 Å². The second-order valence-electron chi connectivity index (χ2n) is 5.99. The molecule has 0 radical (unpaired) electrons. The molecule has 1 atom stereocenters. The van der Waals surface area contributed by atoms with Crippen molar-refractivity contribution in [2.24, 2.45) is 0 Å². The van der Waals surface area contributed by atoms with E-state index in [4.69, 9.17) is 4.74 Å². The van der Waals surface area contributed by atoms with Crippen molar-refractivity contribution < 1.29 is 9.84 Å². The minimum atomic E-state index is -0.536. The van der Waals surface area contributed by atoms with Gasteiger partial charge < -0.3 is 9.84 Å². The van der Waals surface area contributed by atoms with Crippen molar-refractivity contribution >= 4 is 11.3 Å². The van der Waals surface area contributed by atoms with Crippen molar-refractivity contribution in [1.29, 1.82) is 0 Å². The molecule has 20 heavy (non-hydrogen) atoms. The van der Waals surface area contributed by atoms with Gasteiger partial charge in [0.2, 0.25) is 0 Å². The molecular weight excluding hydrogens is 268 g/mol. The number of aliphatic hydroxyl groups excluding tert-OH is 1. The Hall–Kier alpha value is -1.32. The topological polar surface area (TPSA) is 29.5 Å². The lowest BCUT2D eigenvalue weighted by atomic mass is 9.85. The largest absolute Gasteiger partial charge is 0.492 e. The zero-order valence-corrected chi connectivity index (χ0v) is 13.0. The first kappa shape index (κ1) is 13.7. The van der Waals surface area contributed by atoms with Crippen LogP contribution in [0.1, 0.15) is 48.4 Å². The van der Waals surface area contributed by atoms with Crippen LogP contribution in [-0.2, 0) is 11.8 Å². The molecule has 1 aromatic carbocycles. The Balaban J connectivity index is 2.00. The third-order valence-corrected chi connectivity index (χ3v) is 5.06. The Labute approximate surface area is 124 Å². The standard InChI is InChI=1S/C17H20O2S/c1-4-11-7-8-20-16(11)15(18)12-5-6-14-13(9-12)17(2,3)10-19-14/h5-9,15,18H,4,10H2,1-3H3. The van der Waals surface area contributed by atoms with Crippen LogP contribution in [-0.4, -0.2) is 11.7 Å². The van der Waals surface area contributed by atoms with E-state index in [-0.39, 0.29) is 5.41 Å². The second kappa shape index (κ2) is 4.90. The molecule has 0 amide bonds. The smallest absolute Gasteiger partial charge is 0.123 e. The van der Waals surface area contributed by atoms with Gasteiger partial charge in [0, 0.05) is 15.9 Å². The predicted molar refractivity (Wildman–Crippen MR) is 82.7 cm³/mol. The Morgan fingerprint density at radius 3 is 2.90 bits per heavy atom. The van der Waals surface area contributed by atoms with Gasteiger partial charge in [-0.3, -0.25) is 0 Å². The number of hydrogen-bond donors (Lipinski definition) is 1. The highest BCUT2D eigenvalue weighted by molar-refractivity contribution is 7.10. The van der Waals surface area contributed by atoms with E-state index in [0.29, 0.717) is 6.61 Å². The number of fused-ring (bicyclic) bond motifs is 1. The highest BCUT2D eigenvalue weighted by atomic mass is 32.1. The first-order valence-corrected chi connectivity index (χ1v) is 7.92. The molecule has 3 rings (SSSR count). The van der Waals surface area contributed by atoms with Crippen LogP contribution in [0.5, 0.6) is 5.75 Å². The summed E-state index contributed by atoms with van der Waals surface area (Å²) in [5, 5.41) is 12.7. The summed E-state index contributed by atoms with van der Waals surface area (Å²) in [7, 11) is 0. The molecule has 0 fully saturated rings. The van der Waals surface area contributed by atoms with E-state index in [0.717, 1.165) is 22.6 Å². The molecule has 1 aliphatic rings. The predicted octanol–water partition coefficient (Wildman–Crippen LogP) is 4.06. The van der Waals surface area contributed by atoms with Crippen molar-refractivity contribution in [3.05, 3.63) is 51.2 Å². The number of rotatable bonds is 3. The summed E-state index contributed by atoms with van der Waals surface area (Å²) in [6, 6.07) is 8.17. The second-order valence-corrected chi connectivity index (χ2v) is 6.94. The Morgan fingerprint density at radius 2 is 2.15 bits per heavy atom. The van der Waals surface area contributed by atoms with Gasteiger partial charge in [-0.05, 0) is 41.1 Å². The zero-order chi connectivity index (χ0) is 14.3. The van der Waals surface area contributed by atoms with E-state index in [2.05, 4.69) is 38.3 Å². The van der Waals surface area contributed by atoms with E-state index in [1.54, 1.807) is 11.3 Å². The van der Waals surface area contributed by atoms with Gasteiger partial charge in [-0.25, -0.2) is 0 Å². The van der Waals surface area contributed by atoms with E-state index in [1.807, 2.05) is 12.1 Å². The number of thiophene rings is 1. The van der Waals surface area contributed by atoms with Crippen molar-refractivity contribution in [1.82, 2.24) is 0 Å². The molecule has 1 aromatic heterocycles. The average molecular weight is 288 g/mol. The van der Waals surface area contributed by atoms with Gasteiger partial charge in [0.25, 0.3) is 0 Å². The molecule has 1 unspecified atom stereocenters. The Kier molecular flexibility index (Phi) is 3.35. The number of ether oxygens (including phenoxy) is 1. The van der Waals surface area contributed by atoms with Gasteiger partial charge in [-0.2, -0.15) is 0 Å². The number of benzene rings is 1. The summed E-state index contributed by atoms with van der Waals surface area (Å²) in [6.07, 6.45) is 0.418. The summed E-state index contributed by atoms with van der Waals surface area (Å²) in [4.78, 5) is 1.06. The third-order valence-electron chi connectivity index (χ3n) is 4.05. The third kappa shape index (κ3) is 2.15. The highest BCUT2D eigenvalue weighted by Gasteiger charge is 2.32. The van der Waals surface area contributed by atoms with Gasteiger partial charge in [0.05, 0.1) is 6.61 Å². The summed E-state index contributed by atoms with van der Waals surface area (Å²) in [6.45, 7) is 7.19. The van der Waals surface area contributed by atoms with E-state index in [9.17, 15) is 5.11 Å². The quantitative estimate of drug-likeness (QED) is 0.923. The summed E-state index contributed by atoms with van der Waals surface area (Å²) in [5.41, 5.74) is 3.41. The van der Waals surface area contributed by atoms with Crippen LogP contribution in [0.3, 0.4) is 0 Å². The van der Waals surface area contributed by atoms with E-state index in [1.165, 1.54) is 11.1 Å². The van der Waals surface area contributed by atoms with Gasteiger partial charge in [0.1, 0.15) is 11.9 Å². The molecular formula is C17H20O2S. The molecule has 2 heterocycles. The molecule has 0 saturated heterocycles. The minimum absolute atomic E-state index is 0.0219. The molecule has 1 aliphatic heterocycles. The van der Waals surface area contributed by atoms with E-state index >= 15 is 0 Å². The van der Waals surface area contributed by atoms with Crippen LogP contribution in [0.4, 0.5) is 0 Å². The lowest BCUT2D eigenvalue weighted by molar-refractivity contribution is 0.223. The van der Waals surface area contributed by atoms with Crippen molar-refractivity contribution in [3.8, 4) is 5.75 Å². The first-order valence-electron chi connectivity index (χ1n) is 7.04. The summed E-state index contributed by atoms with van der Waals surface area (Å²) >= 11 is 1.63. The fourth-order valence-corrected chi connectivity index (χ4v) is 3.75. The zero-order valence-electron chi connectivity index (χ0n) is 12.1. The lowest BCUT2D eigenvalue weighted by Gasteiger charge is -2.18. The van der Waals surface area contributed by atoms with Crippen LogP contribution >= 0.6 is 11.3 Å². The number of hydrogen-bond acceptors (Lipinski definition) is 3. The maximum Gasteiger partial charge on any atom is 0.123 e. The maximum absolute atomic E-state index is 10.7. The van der Waals surface area contributed by atoms with Crippen LogP contribution < -0.4 is 4.74 Å². The van der Waals surface area contributed by atoms with Crippen LogP contribution in [0.25, 0.3) is 0 Å². The molecule has 3 heteroatoms. The van der Waals surface area contributed by atoms with Crippen molar-refractivity contribution in [2.45, 2.75) is 38.7 Å². The van der Waals surface area contributed by atoms with Crippen LogP contribution in [0, 0.1) is 0 Å². The molecule has 2 aromatic rings. The minimum Gasteiger partial charge on any atom is -0.492 e. The van der Waals surface area contributed by atoms with Gasteiger partial charge in [-0.1, -0.05) is 26.8 Å². The maximum atomic E-state index is 10.7. The normalized spacial score (nSPS) is 17.6. The fraction of sp³-hybridized carbons (Fsp3) is 0.412. The molecule has 0 saturated carbocycles. The Bertz CT molecular complexity index is 628. The summed E-state index contributed by atoms with van der Waals surface area (Å²) < 4.78 is 5.71. The average Bonchev–Trinajstić information content (AvgIpc) is 3.03. The van der Waals surface area contributed by atoms with Crippen LogP contribution in [0.15, 0.2) is 29.6 Å². The molecule has 0 bridgehead atoms. The number of aliphatic hydroxyl groups is 1. The van der Waals surface area contributed by atoms with E-state index < -0.39 is 6.10 Å².